The van der Waals surface area contributed by atoms with E-state index in [1.54, 1.807) is 0 Å². The van der Waals surface area contributed by atoms with Gasteiger partial charge in [-0.1, -0.05) is 18.2 Å². The van der Waals surface area contributed by atoms with E-state index in [4.69, 9.17) is 0 Å². The van der Waals surface area contributed by atoms with Gasteiger partial charge < -0.3 is 4.90 Å². The molecule has 1 aliphatic carbocycles. The summed E-state index contributed by atoms with van der Waals surface area (Å²) in [5.41, 5.74) is 1.09. The molecule has 1 aromatic carbocycles. The molecule has 0 N–H and O–H groups in total. The predicted molar refractivity (Wildman–Crippen MR) is 63.2 cm³/mol. The van der Waals surface area contributed by atoms with Crippen molar-refractivity contribution < 1.29 is 0 Å². The molecule has 2 nitrogen and oxygen atoms in total. The molecule has 1 aliphatic rings. The summed E-state index contributed by atoms with van der Waals surface area (Å²) in [6.07, 6.45) is 2.62. The van der Waals surface area contributed by atoms with E-state index in [-0.39, 0.29) is 0 Å². The molecule has 0 spiro atoms. The quantitative estimate of drug-likeness (QED) is 0.737. The number of rotatable bonds is 2. The first-order chi connectivity index (χ1) is 7.34. The molecular formula is C13H14N2. The highest BCUT2D eigenvalue weighted by atomic mass is 15.2. The van der Waals surface area contributed by atoms with E-state index in [9.17, 15) is 0 Å². The van der Waals surface area contributed by atoms with Gasteiger partial charge in [0.15, 0.2) is 0 Å². The van der Waals surface area contributed by atoms with Crippen molar-refractivity contribution >= 4 is 16.7 Å². The van der Waals surface area contributed by atoms with Gasteiger partial charge >= 0.3 is 0 Å². The Morgan fingerprint density at radius 2 is 1.93 bits per heavy atom. The maximum absolute atomic E-state index is 4.66. The summed E-state index contributed by atoms with van der Waals surface area (Å²) in [6, 6.07) is 13.2. The second-order valence-electron chi connectivity index (χ2n) is 4.20. The number of hydrogen-bond acceptors (Lipinski definition) is 2. The summed E-state index contributed by atoms with van der Waals surface area (Å²) in [5, 5.41) is 1.21. The molecule has 2 heteroatoms. The number of aromatic nitrogens is 1. The number of hydrogen-bond donors (Lipinski definition) is 0. The van der Waals surface area contributed by atoms with Gasteiger partial charge in [0.05, 0.1) is 5.52 Å². The number of anilines is 1. The Morgan fingerprint density at radius 1 is 1.13 bits per heavy atom. The molecule has 0 amide bonds. The van der Waals surface area contributed by atoms with Crippen molar-refractivity contribution in [2.75, 3.05) is 11.9 Å². The second-order valence-corrected chi connectivity index (χ2v) is 4.20. The van der Waals surface area contributed by atoms with E-state index in [1.165, 1.54) is 18.2 Å². The van der Waals surface area contributed by atoms with Crippen LogP contribution in [0.5, 0.6) is 0 Å². The standard InChI is InChI=1S/C13H14N2/c1-15(11-7-8-11)13-9-6-10-4-2-3-5-12(10)14-13/h2-6,9,11H,7-8H2,1H3. The molecule has 1 heterocycles. The highest BCUT2D eigenvalue weighted by Gasteiger charge is 2.26. The number of para-hydroxylation sites is 1. The Labute approximate surface area is 89.5 Å². The zero-order chi connectivity index (χ0) is 10.3. The molecule has 0 bridgehead atoms. The van der Waals surface area contributed by atoms with Crippen molar-refractivity contribution in [1.82, 2.24) is 4.98 Å². The summed E-state index contributed by atoms with van der Waals surface area (Å²) >= 11 is 0. The van der Waals surface area contributed by atoms with Crippen molar-refractivity contribution in [3.8, 4) is 0 Å². The maximum Gasteiger partial charge on any atom is 0.129 e. The van der Waals surface area contributed by atoms with Crippen molar-refractivity contribution in [1.29, 1.82) is 0 Å². The van der Waals surface area contributed by atoms with Gasteiger partial charge in [-0.15, -0.1) is 0 Å². The van der Waals surface area contributed by atoms with Crippen LogP contribution in [0.25, 0.3) is 10.9 Å². The highest BCUT2D eigenvalue weighted by molar-refractivity contribution is 5.80. The third kappa shape index (κ3) is 1.56. The first-order valence-electron chi connectivity index (χ1n) is 5.43. The van der Waals surface area contributed by atoms with Gasteiger partial charge in [-0.2, -0.15) is 0 Å². The van der Waals surface area contributed by atoms with Gasteiger partial charge in [-0.3, -0.25) is 0 Å². The fourth-order valence-electron chi connectivity index (χ4n) is 1.90. The maximum atomic E-state index is 4.66. The van der Waals surface area contributed by atoms with Gasteiger partial charge in [0.25, 0.3) is 0 Å². The Morgan fingerprint density at radius 3 is 2.73 bits per heavy atom. The normalized spacial score (nSPS) is 15.5. The Kier molecular flexibility index (Phi) is 1.88. The average molecular weight is 198 g/mol. The summed E-state index contributed by atoms with van der Waals surface area (Å²) in [4.78, 5) is 6.95. The summed E-state index contributed by atoms with van der Waals surface area (Å²) in [7, 11) is 2.13. The Balaban J connectivity index is 2.05. The van der Waals surface area contributed by atoms with Crippen molar-refractivity contribution in [3.63, 3.8) is 0 Å². The third-order valence-corrected chi connectivity index (χ3v) is 3.04. The lowest BCUT2D eigenvalue weighted by atomic mass is 10.2. The van der Waals surface area contributed by atoms with Gasteiger partial charge in [-0.05, 0) is 31.0 Å². The lowest BCUT2D eigenvalue weighted by molar-refractivity contribution is 0.897. The van der Waals surface area contributed by atoms with Gasteiger partial charge in [0.2, 0.25) is 0 Å². The number of benzene rings is 1. The van der Waals surface area contributed by atoms with Crippen LogP contribution < -0.4 is 4.90 Å². The number of nitrogens with zero attached hydrogens (tertiary/aromatic N) is 2. The predicted octanol–water partition coefficient (Wildman–Crippen LogP) is 2.83. The van der Waals surface area contributed by atoms with Crippen molar-refractivity contribution in [2.24, 2.45) is 0 Å². The molecule has 1 aromatic heterocycles. The van der Waals surface area contributed by atoms with E-state index in [2.05, 4.69) is 41.2 Å². The van der Waals surface area contributed by atoms with E-state index in [1.807, 2.05) is 12.1 Å². The minimum atomic E-state index is 0.721. The molecule has 76 valence electrons. The topological polar surface area (TPSA) is 16.1 Å². The van der Waals surface area contributed by atoms with E-state index < -0.39 is 0 Å². The molecule has 3 rings (SSSR count). The van der Waals surface area contributed by atoms with E-state index in [0.29, 0.717) is 0 Å². The monoisotopic (exact) mass is 198 g/mol. The molecule has 0 aliphatic heterocycles. The highest BCUT2D eigenvalue weighted by Crippen LogP contribution is 2.29. The zero-order valence-electron chi connectivity index (χ0n) is 8.85. The SMILES string of the molecule is CN(c1ccc2ccccc2n1)C1CC1. The Bertz CT molecular complexity index is 489. The van der Waals surface area contributed by atoms with Gasteiger partial charge in [0.1, 0.15) is 5.82 Å². The van der Waals surface area contributed by atoms with Crippen LogP contribution in [0.4, 0.5) is 5.82 Å². The molecule has 0 saturated heterocycles. The largest absolute Gasteiger partial charge is 0.357 e. The van der Waals surface area contributed by atoms with Crippen LogP contribution in [0.15, 0.2) is 36.4 Å². The average Bonchev–Trinajstić information content (AvgIpc) is 3.11. The zero-order valence-corrected chi connectivity index (χ0v) is 8.85. The second kappa shape index (κ2) is 3.23. The van der Waals surface area contributed by atoms with Crippen LogP contribution in [-0.2, 0) is 0 Å². The lowest BCUT2D eigenvalue weighted by Crippen LogP contribution is -2.20. The molecule has 1 fully saturated rings. The van der Waals surface area contributed by atoms with Crippen LogP contribution in [0.3, 0.4) is 0 Å². The summed E-state index contributed by atoms with van der Waals surface area (Å²) in [5.74, 6) is 1.09. The van der Waals surface area contributed by atoms with Crippen molar-refractivity contribution in [2.45, 2.75) is 18.9 Å². The minimum Gasteiger partial charge on any atom is -0.357 e. The molecule has 0 unspecified atom stereocenters. The van der Waals surface area contributed by atoms with Crippen LogP contribution in [0, 0.1) is 0 Å². The molecule has 0 atom stereocenters. The molecule has 2 aromatic rings. The van der Waals surface area contributed by atoms with Gasteiger partial charge in [0, 0.05) is 18.5 Å². The number of pyridine rings is 1. The fourth-order valence-corrected chi connectivity index (χ4v) is 1.90. The van der Waals surface area contributed by atoms with Crippen LogP contribution >= 0.6 is 0 Å². The Hall–Kier alpha value is -1.57. The lowest BCUT2D eigenvalue weighted by Gasteiger charge is -2.17. The first kappa shape index (κ1) is 8.72. The van der Waals surface area contributed by atoms with Crippen LogP contribution in [0.2, 0.25) is 0 Å². The van der Waals surface area contributed by atoms with Crippen molar-refractivity contribution in [3.05, 3.63) is 36.4 Å². The van der Waals surface area contributed by atoms with E-state index in [0.717, 1.165) is 17.4 Å². The van der Waals surface area contributed by atoms with Gasteiger partial charge in [-0.25, -0.2) is 4.98 Å². The number of fused-ring (bicyclic) bond motifs is 1. The summed E-state index contributed by atoms with van der Waals surface area (Å²) in [6.45, 7) is 0. The van der Waals surface area contributed by atoms with Crippen LogP contribution in [0.1, 0.15) is 12.8 Å². The molecule has 1 saturated carbocycles. The minimum absolute atomic E-state index is 0.721. The molecule has 0 radical (unpaired) electrons. The molecular weight excluding hydrogens is 184 g/mol. The molecule has 15 heavy (non-hydrogen) atoms. The van der Waals surface area contributed by atoms with E-state index >= 15 is 0 Å². The third-order valence-electron chi connectivity index (χ3n) is 3.04. The fraction of sp³-hybridized carbons (Fsp3) is 0.308. The smallest absolute Gasteiger partial charge is 0.129 e. The summed E-state index contributed by atoms with van der Waals surface area (Å²) < 4.78 is 0. The first-order valence-corrected chi connectivity index (χ1v) is 5.43. The van der Waals surface area contributed by atoms with Crippen LogP contribution in [-0.4, -0.2) is 18.1 Å².